The van der Waals surface area contributed by atoms with Gasteiger partial charge in [-0.1, -0.05) is 11.6 Å². The summed E-state index contributed by atoms with van der Waals surface area (Å²) in [4.78, 5) is 3.75. The van der Waals surface area contributed by atoms with Crippen molar-refractivity contribution >= 4 is 23.2 Å². The van der Waals surface area contributed by atoms with E-state index in [2.05, 4.69) is 4.98 Å². The lowest BCUT2D eigenvalue weighted by molar-refractivity contribution is 1.22. The van der Waals surface area contributed by atoms with Crippen LogP contribution in [0.25, 0.3) is 0 Å². The van der Waals surface area contributed by atoms with E-state index in [0.717, 1.165) is 5.56 Å². The third-order valence-corrected chi connectivity index (χ3v) is 1.93. The lowest BCUT2D eigenvalue weighted by Gasteiger charge is -1.98. The molecule has 56 valence electrons. The fraction of sp³-hybridized carbons (Fsp3) is 0.143. The highest BCUT2D eigenvalue weighted by Gasteiger charge is 2.04. The number of halogens is 2. The Morgan fingerprint density at radius 1 is 1.64 bits per heavy atom. The first kappa shape index (κ1) is 8.32. The molecule has 4 heteroatoms. The molecule has 0 fully saturated rings. The first-order valence-electron chi connectivity index (χ1n) is 2.89. The van der Waals surface area contributed by atoms with Gasteiger partial charge in [0.25, 0.3) is 0 Å². The van der Waals surface area contributed by atoms with E-state index in [9.17, 15) is 0 Å². The highest BCUT2D eigenvalue weighted by Crippen LogP contribution is 2.19. The van der Waals surface area contributed by atoms with Crippen molar-refractivity contribution in [3.63, 3.8) is 0 Å². The average molecular weight is 187 g/mol. The lowest BCUT2D eigenvalue weighted by atomic mass is 10.2. The van der Waals surface area contributed by atoms with Gasteiger partial charge >= 0.3 is 0 Å². The summed E-state index contributed by atoms with van der Waals surface area (Å²) >= 11 is 11.3. The fourth-order valence-corrected chi connectivity index (χ4v) is 1.18. The molecule has 1 aromatic rings. The first-order valence-corrected chi connectivity index (χ1v) is 3.80. The van der Waals surface area contributed by atoms with Crippen molar-refractivity contribution in [2.45, 2.75) is 5.88 Å². The Kier molecular flexibility index (Phi) is 2.70. The normalized spacial score (nSPS) is 9.18. The Labute approximate surface area is 74.4 Å². The molecule has 1 rings (SSSR count). The summed E-state index contributed by atoms with van der Waals surface area (Å²) in [6.45, 7) is 0. The molecule has 0 saturated heterocycles. The van der Waals surface area contributed by atoms with Crippen LogP contribution >= 0.6 is 23.2 Å². The van der Waals surface area contributed by atoms with E-state index >= 15 is 0 Å². The Bertz CT molecular complexity index is 304. The minimum Gasteiger partial charge on any atom is -0.244 e. The van der Waals surface area contributed by atoms with Crippen LogP contribution in [0.4, 0.5) is 0 Å². The zero-order chi connectivity index (χ0) is 8.27. The molecule has 1 heterocycles. The van der Waals surface area contributed by atoms with Crippen molar-refractivity contribution in [3.05, 3.63) is 28.5 Å². The molecule has 0 aliphatic carbocycles. The molecule has 0 aromatic carbocycles. The van der Waals surface area contributed by atoms with Crippen LogP contribution in [0.5, 0.6) is 0 Å². The molecule has 0 unspecified atom stereocenters. The summed E-state index contributed by atoms with van der Waals surface area (Å²) in [5.74, 6) is 0.302. The van der Waals surface area contributed by atoms with Crippen molar-refractivity contribution in [1.82, 2.24) is 4.98 Å². The lowest BCUT2D eigenvalue weighted by Crippen LogP contribution is -1.88. The first-order chi connectivity index (χ1) is 5.29. The second-order valence-electron chi connectivity index (χ2n) is 1.88. The summed E-state index contributed by atoms with van der Waals surface area (Å²) in [7, 11) is 0. The van der Waals surface area contributed by atoms with E-state index in [1.807, 2.05) is 6.07 Å². The smallest absolute Gasteiger partial charge is 0.159 e. The van der Waals surface area contributed by atoms with Crippen LogP contribution in [0.15, 0.2) is 12.3 Å². The fourth-order valence-electron chi connectivity index (χ4n) is 0.665. The number of aromatic nitrogens is 1. The molecule has 0 spiro atoms. The van der Waals surface area contributed by atoms with Crippen molar-refractivity contribution in [2.24, 2.45) is 0 Å². The SMILES string of the molecule is N#Cc1nccc(CCl)c1Cl. The van der Waals surface area contributed by atoms with Gasteiger partial charge in [-0.3, -0.25) is 0 Å². The monoisotopic (exact) mass is 186 g/mol. The largest absolute Gasteiger partial charge is 0.244 e. The van der Waals surface area contributed by atoms with Crippen LogP contribution in [-0.2, 0) is 5.88 Å². The molecule has 0 atom stereocenters. The molecule has 0 saturated carbocycles. The Morgan fingerprint density at radius 2 is 2.36 bits per heavy atom. The third-order valence-electron chi connectivity index (χ3n) is 1.22. The second-order valence-corrected chi connectivity index (χ2v) is 2.52. The molecule has 0 aliphatic rings. The summed E-state index contributed by atoms with van der Waals surface area (Å²) in [6.07, 6.45) is 1.52. The summed E-state index contributed by atoms with van der Waals surface area (Å²) in [6, 6.07) is 3.56. The van der Waals surface area contributed by atoms with E-state index < -0.39 is 0 Å². The van der Waals surface area contributed by atoms with Gasteiger partial charge in [0.1, 0.15) is 6.07 Å². The van der Waals surface area contributed by atoms with Crippen molar-refractivity contribution in [3.8, 4) is 6.07 Å². The van der Waals surface area contributed by atoms with E-state index in [-0.39, 0.29) is 5.69 Å². The van der Waals surface area contributed by atoms with Crippen molar-refractivity contribution < 1.29 is 0 Å². The van der Waals surface area contributed by atoms with Crippen molar-refractivity contribution in [1.29, 1.82) is 5.26 Å². The molecular weight excluding hydrogens is 183 g/mol. The summed E-state index contributed by atoms with van der Waals surface area (Å²) < 4.78 is 0. The highest BCUT2D eigenvalue weighted by molar-refractivity contribution is 6.33. The maximum absolute atomic E-state index is 8.50. The van der Waals surface area contributed by atoms with Crippen LogP contribution in [0.3, 0.4) is 0 Å². The molecule has 11 heavy (non-hydrogen) atoms. The molecule has 2 nitrogen and oxygen atoms in total. The number of hydrogen-bond donors (Lipinski definition) is 0. The molecule has 0 bridgehead atoms. The van der Waals surface area contributed by atoms with Crippen molar-refractivity contribution in [2.75, 3.05) is 0 Å². The zero-order valence-electron chi connectivity index (χ0n) is 5.51. The molecule has 0 N–H and O–H groups in total. The number of nitrogens with zero attached hydrogens (tertiary/aromatic N) is 2. The third kappa shape index (κ3) is 1.62. The maximum Gasteiger partial charge on any atom is 0.159 e. The summed E-state index contributed by atoms with van der Waals surface area (Å²) in [5, 5.41) is 8.85. The zero-order valence-corrected chi connectivity index (χ0v) is 7.02. The number of hydrogen-bond acceptors (Lipinski definition) is 2. The van der Waals surface area contributed by atoms with Gasteiger partial charge < -0.3 is 0 Å². The number of alkyl halides is 1. The van der Waals surface area contributed by atoms with E-state index in [4.69, 9.17) is 28.5 Å². The Morgan fingerprint density at radius 3 is 2.91 bits per heavy atom. The van der Waals surface area contributed by atoms with E-state index in [1.54, 1.807) is 6.07 Å². The van der Waals surface area contributed by atoms with Gasteiger partial charge in [0.15, 0.2) is 5.69 Å². The van der Waals surface area contributed by atoms with Gasteiger partial charge in [0.2, 0.25) is 0 Å². The minimum atomic E-state index is 0.227. The predicted octanol–water partition coefficient (Wildman–Crippen LogP) is 2.35. The molecular formula is C7H4Cl2N2. The molecule has 0 aliphatic heterocycles. The van der Waals surface area contributed by atoms with Gasteiger partial charge in [0.05, 0.1) is 5.02 Å². The number of rotatable bonds is 1. The average Bonchev–Trinajstić information content (AvgIpc) is 2.05. The molecule has 0 radical (unpaired) electrons. The maximum atomic E-state index is 8.50. The second kappa shape index (κ2) is 3.56. The summed E-state index contributed by atoms with van der Waals surface area (Å²) in [5.41, 5.74) is 0.963. The van der Waals surface area contributed by atoms with Crippen LogP contribution in [-0.4, -0.2) is 4.98 Å². The van der Waals surface area contributed by atoms with Gasteiger partial charge in [-0.25, -0.2) is 4.98 Å². The van der Waals surface area contributed by atoms with Crippen LogP contribution < -0.4 is 0 Å². The standard InChI is InChI=1S/C7H4Cl2N2/c8-3-5-1-2-11-6(4-10)7(5)9/h1-2H,3H2. The van der Waals surface area contributed by atoms with Gasteiger partial charge in [-0.2, -0.15) is 5.26 Å². The highest BCUT2D eigenvalue weighted by atomic mass is 35.5. The van der Waals surface area contributed by atoms with Crippen LogP contribution in [0, 0.1) is 11.3 Å². The number of pyridine rings is 1. The molecule has 0 amide bonds. The van der Waals surface area contributed by atoms with Crippen LogP contribution in [0.1, 0.15) is 11.3 Å². The topological polar surface area (TPSA) is 36.7 Å². The minimum absolute atomic E-state index is 0.227. The van der Waals surface area contributed by atoms with E-state index in [1.165, 1.54) is 6.20 Å². The number of nitriles is 1. The van der Waals surface area contributed by atoms with Gasteiger partial charge in [-0.05, 0) is 11.6 Å². The van der Waals surface area contributed by atoms with Crippen LogP contribution in [0.2, 0.25) is 5.02 Å². The quantitative estimate of drug-likeness (QED) is 0.632. The predicted molar refractivity (Wildman–Crippen MR) is 43.5 cm³/mol. The van der Waals surface area contributed by atoms with Gasteiger partial charge in [0, 0.05) is 12.1 Å². The Hall–Kier alpha value is -0.780. The Balaban J connectivity index is 3.23. The van der Waals surface area contributed by atoms with Gasteiger partial charge in [-0.15, -0.1) is 11.6 Å². The molecule has 1 aromatic heterocycles. The van der Waals surface area contributed by atoms with E-state index in [0.29, 0.717) is 10.9 Å².